The fraction of sp³-hybridized carbons (Fsp3) is 0.250. The molecule has 0 aliphatic carbocycles. The minimum atomic E-state index is -4.75. The molecule has 78 valence electrons. The van der Waals surface area contributed by atoms with Gasteiger partial charge in [0.15, 0.2) is 5.75 Å². The van der Waals surface area contributed by atoms with E-state index in [1.165, 1.54) is 19.2 Å². The molecule has 3 nitrogen and oxygen atoms in total. The maximum absolute atomic E-state index is 11.8. The quantitative estimate of drug-likeness (QED) is 0.756. The molecule has 0 heterocycles. The molecular weight excluding hydrogens is 199 g/mol. The van der Waals surface area contributed by atoms with Gasteiger partial charge in [-0.25, -0.2) is 0 Å². The molecule has 1 aromatic rings. The van der Waals surface area contributed by atoms with Crippen LogP contribution >= 0.6 is 0 Å². The highest BCUT2D eigenvalue weighted by atomic mass is 19.4. The third-order valence-electron chi connectivity index (χ3n) is 1.45. The number of hydrogen-bond acceptors (Lipinski definition) is 3. The summed E-state index contributed by atoms with van der Waals surface area (Å²) in [5.41, 5.74) is 5.18. The van der Waals surface area contributed by atoms with Gasteiger partial charge < -0.3 is 15.2 Å². The van der Waals surface area contributed by atoms with E-state index in [1.54, 1.807) is 0 Å². The largest absolute Gasteiger partial charge is 0.573 e. The average molecular weight is 207 g/mol. The molecule has 0 radical (unpaired) electrons. The molecule has 0 unspecified atom stereocenters. The number of methoxy groups -OCH3 is 1. The second-order valence-electron chi connectivity index (χ2n) is 2.45. The average Bonchev–Trinajstić information content (AvgIpc) is 2.06. The second-order valence-corrected chi connectivity index (χ2v) is 2.45. The Hall–Kier alpha value is -1.59. The predicted molar refractivity (Wildman–Crippen MR) is 44.1 cm³/mol. The van der Waals surface area contributed by atoms with Crippen LogP contribution < -0.4 is 15.2 Å². The van der Waals surface area contributed by atoms with Gasteiger partial charge in [0, 0.05) is 6.07 Å². The van der Waals surface area contributed by atoms with Crippen molar-refractivity contribution in [2.45, 2.75) is 6.36 Å². The van der Waals surface area contributed by atoms with Gasteiger partial charge in [-0.15, -0.1) is 13.2 Å². The first-order chi connectivity index (χ1) is 6.42. The van der Waals surface area contributed by atoms with Crippen LogP contribution in [-0.2, 0) is 0 Å². The van der Waals surface area contributed by atoms with Crippen molar-refractivity contribution in [1.82, 2.24) is 0 Å². The van der Waals surface area contributed by atoms with Crippen LogP contribution in [0.4, 0.5) is 18.9 Å². The lowest BCUT2D eigenvalue weighted by Crippen LogP contribution is -2.18. The van der Waals surface area contributed by atoms with Crippen LogP contribution in [0.3, 0.4) is 0 Å². The van der Waals surface area contributed by atoms with Gasteiger partial charge in [-0.3, -0.25) is 0 Å². The zero-order valence-electron chi connectivity index (χ0n) is 7.26. The van der Waals surface area contributed by atoms with E-state index in [9.17, 15) is 13.2 Å². The standard InChI is InChI=1S/C8H8F3NO2/c1-13-5-2-3-6(12)7(4-5)14-8(9,10)11/h2-4H,12H2,1H3. The summed E-state index contributed by atoms with van der Waals surface area (Å²) in [5, 5.41) is 0. The smallest absolute Gasteiger partial charge is 0.497 e. The van der Waals surface area contributed by atoms with E-state index in [-0.39, 0.29) is 11.4 Å². The third-order valence-corrected chi connectivity index (χ3v) is 1.45. The lowest BCUT2D eigenvalue weighted by molar-refractivity contribution is -0.274. The van der Waals surface area contributed by atoms with Crippen LogP contribution in [-0.4, -0.2) is 13.5 Å². The van der Waals surface area contributed by atoms with Gasteiger partial charge in [-0.2, -0.15) is 0 Å². The number of hydrogen-bond donors (Lipinski definition) is 1. The summed E-state index contributed by atoms with van der Waals surface area (Å²) in [7, 11) is 1.34. The topological polar surface area (TPSA) is 44.5 Å². The highest BCUT2D eigenvalue weighted by Gasteiger charge is 2.32. The Balaban J connectivity index is 2.95. The van der Waals surface area contributed by atoms with Crippen LogP contribution in [0.5, 0.6) is 11.5 Å². The molecule has 0 fully saturated rings. The number of alkyl halides is 3. The normalized spacial score (nSPS) is 11.1. The fourth-order valence-corrected chi connectivity index (χ4v) is 0.855. The van der Waals surface area contributed by atoms with Crippen LogP contribution in [0.1, 0.15) is 0 Å². The van der Waals surface area contributed by atoms with Crippen molar-refractivity contribution in [3.05, 3.63) is 18.2 Å². The molecule has 0 aliphatic heterocycles. The van der Waals surface area contributed by atoms with E-state index in [0.29, 0.717) is 0 Å². The van der Waals surface area contributed by atoms with E-state index >= 15 is 0 Å². The van der Waals surface area contributed by atoms with E-state index in [4.69, 9.17) is 10.5 Å². The molecule has 1 rings (SSSR count). The van der Waals surface area contributed by atoms with Crippen molar-refractivity contribution in [3.63, 3.8) is 0 Å². The Labute approximate surface area is 78.2 Å². The van der Waals surface area contributed by atoms with Gasteiger partial charge >= 0.3 is 6.36 Å². The van der Waals surface area contributed by atoms with Crippen molar-refractivity contribution < 1.29 is 22.6 Å². The van der Waals surface area contributed by atoms with Gasteiger partial charge in [0.1, 0.15) is 5.75 Å². The summed E-state index contributed by atoms with van der Waals surface area (Å²) in [6.45, 7) is 0. The molecule has 0 aromatic heterocycles. The zero-order valence-corrected chi connectivity index (χ0v) is 7.26. The van der Waals surface area contributed by atoms with Gasteiger partial charge in [0.05, 0.1) is 12.8 Å². The number of nitrogens with two attached hydrogens (primary N) is 1. The third kappa shape index (κ3) is 2.72. The first-order valence-corrected chi connectivity index (χ1v) is 3.61. The molecule has 0 spiro atoms. The van der Waals surface area contributed by atoms with Crippen LogP contribution in [0.15, 0.2) is 18.2 Å². The van der Waals surface area contributed by atoms with Crippen LogP contribution in [0.25, 0.3) is 0 Å². The number of halogens is 3. The highest BCUT2D eigenvalue weighted by Crippen LogP contribution is 2.31. The number of rotatable bonds is 2. The Morgan fingerprint density at radius 1 is 1.29 bits per heavy atom. The summed E-state index contributed by atoms with van der Waals surface area (Å²) < 4.78 is 43.9. The number of anilines is 1. The first kappa shape index (κ1) is 10.5. The molecule has 0 atom stereocenters. The SMILES string of the molecule is COc1ccc(N)c(OC(F)(F)F)c1. The summed E-state index contributed by atoms with van der Waals surface area (Å²) in [6, 6.07) is 3.79. The molecule has 0 saturated carbocycles. The minimum absolute atomic E-state index is 0.0943. The van der Waals surface area contributed by atoms with E-state index in [2.05, 4.69) is 4.74 Å². The molecule has 6 heteroatoms. The lowest BCUT2D eigenvalue weighted by Gasteiger charge is -2.11. The number of nitrogen functional groups attached to an aromatic ring is 1. The number of benzene rings is 1. The molecule has 0 bridgehead atoms. The molecule has 0 saturated heterocycles. The number of ether oxygens (including phenoxy) is 2. The molecule has 0 amide bonds. The lowest BCUT2D eigenvalue weighted by atomic mass is 10.3. The van der Waals surface area contributed by atoms with Crippen molar-refractivity contribution in [1.29, 1.82) is 0 Å². The van der Waals surface area contributed by atoms with Crippen LogP contribution in [0.2, 0.25) is 0 Å². The fourth-order valence-electron chi connectivity index (χ4n) is 0.855. The first-order valence-electron chi connectivity index (χ1n) is 3.61. The zero-order chi connectivity index (χ0) is 10.8. The maximum atomic E-state index is 11.8. The Bertz CT molecular complexity index is 325. The van der Waals surface area contributed by atoms with Crippen molar-refractivity contribution in [2.24, 2.45) is 0 Å². The molecule has 2 N–H and O–H groups in total. The Morgan fingerprint density at radius 2 is 1.93 bits per heavy atom. The summed E-state index contributed by atoms with van der Waals surface area (Å²) >= 11 is 0. The maximum Gasteiger partial charge on any atom is 0.573 e. The molecule has 14 heavy (non-hydrogen) atoms. The van der Waals surface area contributed by atoms with Gasteiger partial charge in [0.2, 0.25) is 0 Å². The van der Waals surface area contributed by atoms with Crippen molar-refractivity contribution in [3.8, 4) is 11.5 Å². The minimum Gasteiger partial charge on any atom is -0.497 e. The monoisotopic (exact) mass is 207 g/mol. The molecule has 0 aliphatic rings. The van der Waals surface area contributed by atoms with E-state index in [1.807, 2.05) is 0 Å². The van der Waals surface area contributed by atoms with Gasteiger partial charge in [-0.1, -0.05) is 0 Å². The molecule has 1 aromatic carbocycles. The van der Waals surface area contributed by atoms with Gasteiger partial charge in [0.25, 0.3) is 0 Å². The second kappa shape index (κ2) is 3.65. The molecular formula is C8H8F3NO2. The summed E-state index contributed by atoms with van der Waals surface area (Å²) in [6.07, 6.45) is -4.75. The summed E-state index contributed by atoms with van der Waals surface area (Å²) in [4.78, 5) is 0. The van der Waals surface area contributed by atoms with E-state index < -0.39 is 12.1 Å². The predicted octanol–water partition coefficient (Wildman–Crippen LogP) is 2.18. The highest BCUT2D eigenvalue weighted by molar-refractivity contribution is 5.55. The van der Waals surface area contributed by atoms with Gasteiger partial charge in [-0.05, 0) is 12.1 Å². The van der Waals surface area contributed by atoms with Crippen molar-refractivity contribution >= 4 is 5.69 Å². The van der Waals surface area contributed by atoms with Crippen molar-refractivity contribution in [2.75, 3.05) is 12.8 Å². The van der Waals surface area contributed by atoms with E-state index in [0.717, 1.165) is 6.07 Å². The Morgan fingerprint density at radius 3 is 2.43 bits per heavy atom. The van der Waals surface area contributed by atoms with Crippen LogP contribution in [0, 0.1) is 0 Å². The Kier molecular flexibility index (Phi) is 2.73. The summed E-state index contributed by atoms with van der Waals surface area (Å²) in [5.74, 6) is -0.213.